The fourth-order valence-electron chi connectivity index (χ4n) is 4.33. The van der Waals surface area contributed by atoms with Gasteiger partial charge in [0.05, 0.1) is 23.4 Å². The van der Waals surface area contributed by atoms with Crippen LogP contribution in [0.15, 0.2) is 48.5 Å². The number of hydrogen-bond acceptors (Lipinski definition) is 7. The minimum Gasteiger partial charge on any atom is -0.484 e. The fourth-order valence-corrected chi connectivity index (χ4v) is 6.72. The van der Waals surface area contributed by atoms with Crippen LogP contribution in [-0.4, -0.2) is 41.6 Å². The Labute approximate surface area is 224 Å². The number of carbonyl (C=O) groups excluding carboxylic acids is 2. The van der Waals surface area contributed by atoms with Gasteiger partial charge in [-0.3, -0.25) is 4.79 Å². The van der Waals surface area contributed by atoms with Crippen molar-refractivity contribution in [2.24, 2.45) is 0 Å². The van der Waals surface area contributed by atoms with E-state index in [0.29, 0.717) is 37.8 Å². The molecule has 0 aliphatic carbocycles. The smallest absolute Gasteiger partial charge is 0.410 e. The van der Waals surface area contributed by atoms with Gasteiger partial charge in [0.15, 0.2) is 6.61 Å². The van der Waals surface area contributed by atoms with E-state index in [0.717, 1.165) is 36.2 Å². The Balaban J connectivity index is 1.39. The summed E-state index contributed by atoms with van der Waals surface area (Å²) in [4.78, 5) is 32.9. The topological polar surface area (TPSA) is 80.8 Å². The number of fused-ring (bicyclic) bond motifs is 2. The Kier molecular flexibility index (Phi) is 7.43. The zero-order valence-corrected chi connectivity index (χ0v) is 22.7. The first kappa shape index (κ1) is 25.2. The summed E-state index contributed by atoms with van der Waals surface area (Å²) >= 11 is 3.10. The third-order valence-electron chi connectivity index (χ3n) is 6.26. The molecule has 7 nitrogen and oxygen atoms in total. The zero-order valence-electron chi connectivity index (χ0n) is 21.1. The van der Waals surface area contributed by atoms with E-state index in [9.17, 15) is 9.59 Å². The number of nitrogens with zero attached hydrogens (tertiary/aromatic N) is 2. The highest BCUT2D eigenvalue weighted by Gasteiger charge is 2.30. The second-order valence-electron chi connectivity index (χ2n) is 9.13. The van der Waals surface area contributed by atoms with Gasteiger partial charge in [-0.05, 0) is 54.7 Å². The van der Waals surface area contributed by atoms with E-state index in [1.54, 1.807) is 23.2 Å². The van der Waals surface area contributed by atoms with Crippen LogP contribution in [0.2, 0.25) is 0 Å². The molecule has 5 rings (SSSR count). The number of para-hydroxylation sites is 1. The predicted molar refractivity (Wildman–Crippen MR) is 149 cm³/mol. The summed E-state index contributed by atoms with van der Waals surface area (Å²) in [7, 11) is 0. The molecule has 9 heteroatoms. The minimum absolute atomic E-state index is 0.0994. The molecular formula is C28H29N3O4S2. The van der Waals surface area contributed by atoms with Gasteiger partial charge < -0.3 is 19.7 Å². The average Bonchev–Trinajstić information content (AvgIpc) is 3.47. The number of aromatic nitrogens is 1. The van der Waals surface area contributed by atoms with Gasteiger partial charge >= 0.3 is 6.09 Å². The molecule has 2 aromatic carbocycles. The highest BCUT2D eigenvalue weighted by atomic mass is 32.1. The summed E-state index contributed by atoms with van der Waals surface area (Å²) in [6, 6.07) is 15.8. The average molecular weight is 536 g/mol. The maximum absolute atomic E-state index is 13.0. The van der Waals surface area contributed by atoms with Crippen LogP contribution in [-0.2, 0) is 22.5 Å². The number of amides is 2. The summed E-state index contributed by atoms with van der Waals surface area (Å²) < 4.78 is 12.1. The minimum atomic E-state index is -0.314. The molecule has 2 aromatic heterocycles. The van der Waals surface area contributed by atoms with Gasteiger partial charge in [-0.1, -0.05) is 38.1 Å². The van der Waals surface area contributed by atoms with Crippen LogP contribution in [0.1, 0.15) is 42.7 Å². The van der Waals surface area contributed by atoms with Crippen LogP contribution in [0.4, 0.5) is 9.80 Å². The Bertz CT molecular complexity index is 1390. The molecule has 192 valence electrons. The molecule has 0 bridgehead atoms. The standard InChI is InChI=1S/C28H29N3O4S2/c1-4-34-28(33)31-14-13-20-23(15-31)37-27(25(20)26-29-21-7-5-6-8-22(21)36-26)30-24(32)16-35-19-11-9-18(10-12-19)17(2)3/h5-12,17H,4,13-16H2,1-3H3,(H,30,32). The van der Waals surface area contributed by atoms with Crippen LogP contribution in [0.3, 0.4) is 0 Å². The maximum Gasteiger partial charge on any atom is 0.410 e. The van der Waals surface area contributed by atoms with Crippen molar-refractivity contribution >= 4 is 49.9 Å². The molecule has 0 spiro atoms. The SMILES string of the molecule is CCOC(=O)N1CCc2c(sc(NC(=O)COc3ccc(C(C)C)cc3)c2-c2nc3ccccc3s2)C1. The van der Waals surface area contributed by atoms with E-state index in [4.69, 9.17) is 14.5 Å². The molecule has 0 fully saturated rings. The first-order valence-electron chi connectivity index (χ1n) is 12.4. The number of carbonyl (C=O) groups is 2. The first-order valence-corrected chi connectivity index (χ1v) is 14.0. The van der Waals surface area contributed by atoms with E-state index < -0.39 is 0 Å². The van der Waals surface area contributed by atoms with E-state index in [1.165, 1.54) is 16.9 Å². The quantitative estimate of drug-likeness (QED) is 0.285. The summed E-state index contributed by atoms with van der Waals surface area (Å²) in [6.07, 6.45) is 0.357. The lowest BCUT2D eigenvalue weighted by atomic mass is 10.0. The van der Waals surface area contributed by atoms with Gasteiger partial charge in [0.25, 0.3) is 5.91 Å². The van der Waals surface area contributed by atoms with E-state index >= 15 is 0 Å². The van der Waals surface area contributed by atoms with E-state index in [-0.39, 0.29) is 18.6 Å². The Hall–Kier alpha value is -3.43. The number of rotatable bonds is 7. The maximum atomic E-state index is 13.0. The van der Waals surface area contributed by atoms with Crippen molar-refractivity contribution in [3.63, 3.8) is 0 Å². The number of thiophene rings is 1. The van der Waals surface area contributed by atoms with E-state index in [1.807, 2.05) is 42.5 Å². The number of anilines is 1. The number of nitrogens with one attached hydrogen (secondary N) is 1. The molecule has 2 amide bonds. The van der Waals surface area contributed by atoms with Gasteiger partial charge in [0.2, 0.25) is 0 Å². The lowest BCUT2D eigenvalue weighted by Gasteiger charge is -2.26. The summed E-state index contributed by atoms with van der Waals surface area (Å²) in [5, 5.41) is 4.67. The second kappa shape index (κ2) is 10.9. The number of ether oxygens (including phenoxy) is 2. The molecular weight excluding hydrogens is 506 g/mol. The van der Waals surface area contributed by atoms with Crippen LogP contribution in [0.5, 0.6) is 5.75 Å². The normalized spacial score (nSPS) is 13.0. The summed E-state index contributed by atoms with van der Waals surface area (Å²) in [5.74, 6) is 0.848. The van der Waals surface area contributed by atoms with Crippen molar-refractivity contribution < 1.29 is 19.1 Å². The lowest BCUT2D eigenvalue weighted by Crippen LogP contribution is -2.35. The Morgan fingerprint density at radius 1 is 1.11 bits per heavy atom. The predicted octanol–water partition coefficient (Wildman–Crippen LogP) is 6.68. The Morgan fingerprint density at radius 3 is 2.62 bits per heavy atom. The molecule has 0 atom stereocenters. The largest absolute Gasteiger partial charge is 0.484 e. The number of thiazole rings is 1. The lowest BCUT2D eigenvalue weighted by molar-refractivity contribution is -0.118. The molecule has 1 aliphatic rings. The second-order valence-corrected chi connectivity index (χ2v) is 11.3. The third kappa shape index (κ3) is 5.47. The first-order chi connectivity index (χ1) is 17.9. The molecule has 4 aromatic rings. The van der Waals surface area contributed by atoms with Gasteiger partial charge in [-0.25, -0.2) is 9.78 Å². The van der Waals surface area contributed by atoms with Crippen LogP contribution in [0.25, 0.3) is 20.8 Å². The van der Waals surface area contributed by atoms with Crippen molar-refractivity contribution in [3.05, 3.63) is 64.5 Å². The van der Waals surface area contributed by atoms with Crippen LogP contribution in [0, 0.1) is 0 Å². The van der Waals surface area contributed by atoms with Crippen molar-refractivity contribution in [2.75, 3.05) is 25.1 Å². The van der Waals surface area contributed by atoms with E-state index in [2.05, 4.69) is 25.2 Å². The van der Waals surface area contributed by atoms with Gasteiger partial charge in [0.1, 0.15) is 15.8 Å². The third-order valence-corrected chi connectivity index (χ3v) is 8.45. The number of hydrogen-bond donors (Lipinski definition) is 1. The molecule has 1 aliphatic heterocycles. The number of benzene rings is 2. The summed E-state index contributed by atoms with van der Waals surface area (Å²) in [5.41, 5.74) is 4.22. The van der Waals surface area contributed by atoms with Crippen molar-refractivity contribution in [3.8, 4) is 16.3 Å². The van der Waals surface area contributed by atoms with Crippen molar-refractivity contribution in [1.29, 1.82) is 0 Å². The molecule has 0 unspecified atom stereocenters. The molecule has 37 heavy (non-hydrogen) atoms. The molecule has 1 N–H and O–H groups in total. The van der Waals surface area contributed by atoms with Crippen LogP contribution < -0.4 is 10.1 Å². The Morgan fingerprint density at radius 2 is 1.89 bits per heavy atom. The molecule has 0 saturated heterocycles. The molecule has 3 heterocycles. The monoisotopic (exact) mass is 535 g/mol. The highest BCUT2D eigenvalue weighted by Crippen LogP contribution is 2.45. The summed E-state index contributed by atoms with van der Waals surface area (Å²) in [6.45, 7) is 7.33. The molecule has 0 saturated carbocycles. The highest BCUT2D eigenvalue weighted by molar-refractivity contribution is 7.22. The van der Waals surface area contributed by atoms with Gasteiger partial charge in [-0.15, -0.1) is 22.7 Å². The van der Waals surface area contributed by atoms with Crippen molar-refractivity contribution in [1.82, 2.24) is 9.88 Å². The zero-order chi connectivity index (χ0) is 25.9. The molecule has 0 radical (unpaired) electrons. The van der Waals surface area contributed by atoms with Gasteiger partial charge in [-0.2, -0.15) is 0 Å². The van der Waals surface area contributed by atoms with Crippen LogP contribution >= 0.6 is 22.7 Å². The van der Waals surface area contributed by atoms with Crippen molar-refractivity contribution in [2.45, 2.75) is 39.7 Å². The fraction of sp³-hybridized carbons (Fsp3) is 0.321. The van der Waals surface area contributed by atoms with Gasteiger partial charge in [0, 0.05) is 17.0 Å².